The molecule has 0 amide bonds. The van der Waals surface area contributed by atoms with Crippen molar-refractivity contribution in [2.45, 2.75) is 25.4 Å². The number of likely N-dealkylation sites (tertiary alicyclic amines) is 1. The fourth-order valence-electron chi connectivity index (χ4n) is 2.64. The van der Waals surface area contributed by atoms with Crippen molar-refractivity contribution in [3.05, 3.63) is 41.1 Å². The van der Waals surface area contributed by atoms with Crippen LogP contribution in [0.25, 0.3) is 11.3 Å². The molecule has 1 fully saturated rings. The van der Waals surface area contributed by atoms with Crippen LogP contribution in [0.2, 0.25) is 5.02 Å². The first-order chi connectivity index (χ1) is 10.1. The average Bonchev–Trinajstić information content (AvgIpc) is 3.09. The van der Waals surface area contributed by atoms with E-state index in [4.69, 9.17) is 16.1 Å². The zero-order valence-corrected chi connectivity index (χ0v) is 12.1. The normalized spacial score (nSPS) is 19.0. The van der Waals surface area contributed by atoms with E-state index in [0.717, 1.165) is 24.2 Å². The molecule has 1 aliphatic heterocycles. The molecular formula is C15H15ClN2O3. The molecule has 0 unspecified atom stereocenters. The van der Waals surface area contributed by atoms with Crippen molar-refractivity contribution in [3.8, 4) is 11.3 Å². The van der Waals surface area contributed by atoms with Gasteiger partial charge in [0.25, 0.3) is 0 Å². The summed E-state index contributed by atoms with van der Waals surface area (Å²) in [6, 6.07) is 8.77. The van der Waals surface area contributed by atoms with Crippen LogP contribution in [0.3, 0.4) is 0 Å². The van der Waals surface area contributed by atoms with Crippen molar-refractivity contribution in [1.82, 2.24) is 10.1 Å². The minimum absolute atomic E-state index is 0.422. The van der Waals surface area contributed by atoms with Crippen LogP contribution in [-0.2, 0) is 11.3 Å². The number of nitrogens with zero attached hydrogens (tertiary/aromatic N) is 2. The second-order valence-electron chi connectivity index (χ2n) is 5.15. The lowest BCUT2D eigenvalue weighted by Gasteiger charge is -2.18. The first-order valence-electron chi connectivity index (χ1n) is 6.82. The van der Waals surface area contributed by atoms with Crippen molar-refractivity contribution >= 4 is 17.6 Å². The number of carbonyl (C=O) groups is 1. The maximum atomic E-state index is 11.2. The number of rotatable bonds is 4. The molecule has 1 aliphatic rings. The number of halogens is 1. The third-order valence-corrected chi connectivity index (χ3v) is 3.96. The summed E-state index contributed by atoms with van der Waals surface area (Å²) < 4.78 is 5.32. The molecule has 2 aromatic rings. The molecule has 6 heteroatoms. The largest absolute Gasteiger partial charge is 0.480 e. The zero-order chi connectivity index (χ0) is 14.8. The Bertz CT molecular complexity index is 639. The van der Waals surface area contributed by atoms with Gasteiger partial charge in [-0.15, -0.1) is 0 Å². The lowest BCUT2D eigenvalue weighted by Crippen LogP contribution is -2.35. The number of carboxylic acid groups (broad SMARTS) is 1. The Hall–Kier alpha value is -1.85. The van der Waals surface area contributed by atoms with E-state index in [0.29, 0.717) is 23.7 Å². The summed E-state index contributed by atoms with van der Waals surface area (Å²) in [5, 5.41) is 13.9. The third kappa shape index (κ3) is 3.09. The summed E-state index contributed by atoms with van der Waals surface area (Å²) in [6.45, 7) is 1.24. The van der Waals surface area contributed by atoms with Crippen LogP contribution in [0.15, 0.2) is 34.9 Å². The fraction of sp³-hybridized carbons (Fsp3) is 0.333. The summed E-state index contributed by atoms with van der Waals surface area (Å²) in [6.07, 6.45) is 1.59. The number of hydrogen-bond acceptors (Lipinski definition) is 4. The Morgan fingerprint density at radius 2 is 2.19 bits per heavy atom. The number of aromatic nitrogens is 1. The fourth-order valence-corrected chi connectivity index (χ4v) is 2.77. The smallest absolute Gasteiger partial charge is 0.320 e. The van der Waals surface area contributed by atoms with Gasteiger partial charge in [0.15, 0.2) is 5.76 Å². The zero-order valence-electron chi connectivity index (χ0n) is 11.3. The molecule has 3 rings (SSSR count). The quantitative estimate of drug-likeness (QED) is 0.940. The van der Waals surface area contributed by atoms with Crippen LogP contribution in [-0.4, -0.2) is 33.7 Å². The molecule has 2 heterocycles. The standard InChI is InChI=1S/C15H15ClN2O3/c16-11-5-3-10(4-6-11)13-8-12(21-17-13)9-18-7-1-2-14(18)15(19)20/h3-6,8,14H,1-2,7,9H2,(H,19,20)/t14-/m1/s1. The van der Waals surface area contributed by atoms with Gasteiger partial charge in [-0.2, -0.15) is 0 Å². The maximum absolute atomic E-state index is 11.2. The number of aliphatic carboxylic acids is 1. The van der Waals surface area contributed by atoms with Gasteiger partial charge in [0, 0.05) is 16.7 Å². The summed E-state index contributed by atoms with van der Waals surface area (Å²) in [7, 11) is 0. The second kappa shape index (κ2) is 5.87. The highest BCUT2D eigenvalue weighted by atomic mass is 35.5. The van der Waals surface area contributed by atoms with Crippen LogP contribution in [0.4, 0.5) is 0 Å². The molecular weight excluding hydrogens is 292 g/mol. The number of carboxylic acids is 1. The molecule has 1 aromatic heterocycles. The second-order valence-corrected chi connectivity index (χ2v) is 5.59. The van der Waals surface area contributed by atoms with Crippen LogP contribution in [0.1, 0.15) is 18.6 Å². The Labute approximate surface area is 127 Å². The minimum Gasteiger partial charge on any atom is -0.480 e. The van der Waals surface area contributed by atoms with E-state index in [1.807, 2.05) is 23.1 Å². The molecule has 0 radical (unpaired) electrons. The van der Waals surface area contributed by atoms with Crippen molar-refractivity contribution in [3.63, 3.8) is 0 Å². The molecule has 110 valence electrons. The summed E-state index contributed by atoms with van der Waals surface area (Å²) >= 11 is 5.86. The van der Waals surface area contributed by atoms with Gasteiger partial charge in [0.05, 0.1) is 6.54 Å². The monoisotopic (exact) mass is 306 g/mol. The van der Waals surface area contributed by atoms with Gasteiger partial charge < -0.3 is 9.63 Å². The number of benzene rings is 1. The Kier molecular flexibility index (Phi) is 3.94. The van der Waals surface area contributed by atoms with Crippen LogP contribution < -0.4 is 0 Å². The van der Waals surface area contributed by atoms with Crippen LogP contribution >= 0.6 is 11.6 Å². The highest BCUT2D eigenvalue weighted by Crippen LogP contribution is 2.24. The molecule has 0 bridgehead atoms. The third-order valence-electron chi connectivity index (χ3n) is 3.71. The van der Waals surface area contributed by atoms with Gasteiger partial charge in [-0.1, -0.05) is 28.9 Å². The predicted octanol–water partition coefficient (Wildman–Crippen LogP) is 3.04. The summed E-state index contributed by atoms with van der Waals surface area (Å²) in [5.41, 5.74) is 1.65. The molecule has 0 aliphatic carbocycles. The Morgan fingerprint density at radius 3 is 2.90 bits per heavy atom. The van der Waals surface area contributed by atoms with Gasteiger partial charge in [-0.25, -0.2) is 0 Å². The maximum Gasteiger partial charge on any atom is 0.320 e. The van der Waals surface area contributed by atoms with E-state index in [2.05, 4.69) is 5.16 Å². The molecule has 1 aromatic carbocycles. The molecule has 1 saturated heterocycles. The molecule has 5 nitrogen and oxygen atoms in total. The van der Waals surface area contributed by atoms with E-state index in [1.165, 1.54) is 0 Å². The average molecular weight is 307 g/mol. The van der Waals surface area contributed by atoms with E-state index in [9.17, 15) is 9.90 Å². The lowest BCUT2D eigenvalue weighted by molar-refractivity contribution is -0.142. The molecule has 0 spiro atoms. The van der Waals surface area contributed by atoms with Crippen LogP contribution in [0, 0.1) is 0 Å². The molecule has 21 heavy (non-hydrogen) atoms. The lowest BCUT2D eigenvalue weighted by atomic mass is 10.1. The highest BCUT2D eigenvalue weighted by Gasteiger charge is 2.31. The number of hydrogen-bond donors (Lipinski definition) is 1. The summed E-state index contributed by atoms with van der Waals surface area (Å²) in [5.74, 6) is -0.0990. The Morgan fingerprint density at radius 1 is 1.43 bits per heavy atom. The predicted molar refractivity (Wildman–Crippen MR) is 78.0 cm³/mol. The minimum atomic E-state index is -0.773. The van der Waals surface area contributed by atoms with Gasteiger partial charge in [0.2, 0.25) is 0 Å². The van der Waals surface area contributed by atoms with Crippen molar-refractivity contribution in [2.75, 3.05) is 6.54 Å². The van der Waals surface area contributed by atoms with Gasteiger partial charge in [-0.05, 0) is 31.5 Å². The topological polar surface area (TPSA) is 66.6 Å². The van der Waals surface area contributed by atoms with E-state index < -0.39 is 12.0 Å². The SMILES string of the molecule is O=C(O)[C@H]1CCCN1Cc1cc(-c2ccc(Cl)cc2)no1. The van der Waals surface area contributed by atoms with Gasteiger partial charge in [-0.3, -0.25) is 9.69 Å². The van der Waals surface area contributed by atoms with Gasteiger partial charge in [0.1, 0.15) is 11.7 Å². The molecule has 1 atom stereocenters. The van der Waals surface area contributed by atoms with E-state index in [1.54, 1.807) is 12.1 Å². The Balaban J connectivity index is 1.73. The highest BCUT2D eigenvalue weighted by molar-refractivity contribution is 6.30. The first-order valence-corrected chi connectivity index (χ1v) is 7.19. The van der Waals surface area contributed by atoms with Crippen molar-refractivity contribution < 1.29 is 14.4 Å². The molecule has 0 saturated carbocycles. The van der Waals surface area contributed by atoms with Crippen LogP contribution in [0.5, 0.6) is 0 Å². The van der Waals surface area contributed by atoms with E-state index in [-0.39, 0.29) is 0 Å². The van der Waals surface area contributed by atoms with E-state index >= 15 is 0 Å². The summed E-state index contributed by atoms with van der Waals surface area (Å²) in [4.78, 5) is 13.1. The van der Waals surface area contributed by atoms with Crippen molar-refractivity contribution in [2.24, 2.45) is 0 Å². The first kappa shape index (κ1) is 14.1. The van der Waals surface area contributed by atoms with Gasteiger partial charge >= 0.3 is 5.97 Å². The molecule has 1 N–H and O–H groups in total. The van der Waals surface area contributed by atoms with Crippen molar-refractivity contribution in [1.29, 1.82) is 0 Å².